The fraction of sp³-hybridized carbons (Fsp3) is 0.545. The molecule has 232 valence electrons. The number of ether oxygens (including phenoxy) is 3. The minimum atomic E-state index is -4.04. The Bertz CT molecular complexity index is 1770. The number of rotatable bonds is 9. The number of aromatic nitrogens is 8. The third-order valence-electron chi connectivity index (χ3n) is 7.40. The first-order valence-electron chi connectivity index (χ1n) is 12.9. The molecule has 2 aliphatic rings. The SMILES string of the molecule is CO[C@H]1[C@H](n2cnc3c(N)ncnc32)O[C@](C)(COP(O)(=S)O[C@@H]2C[C@@H](CO)OC2n2cnc3c(=O)[nH]c(N)nc32)[C@H]1O. The number of methoxy groups -OCH3 is 1. The summed E-state index contributed by atoms with van der Waals surface area (Å²) in [4.78, 5) is 46.3. The summed E-state index contributed by atoms with van der Waals surface area (Å²) in [5, 5.41) is 21.0. The molecule has 8 N–H and O–H groups in total. The Labute approximate surface area is 247 Å². The van der Waals surface area contributed by atoms with E-state index in [2.05, 4.69) is 29.9 Å². The van der Waals surface area contributed by atoms with E-state index < -0.39 is 61.4 Å². The van der Waals surface area contributed by atoms with Crippen LogP contribution in [-0.4, -0.2) is 104 Å². The lowest BCUT2D eigenvalue weighted by Gasteiger charge is -2.30. The first-order valence-corrected chi connectivity index (χ1v) is 15.5. The maximum atomic E-state index is 12.3. The maximum absolute atomic E-state index is 12.3. The predicted molar refractivity (Wildman–Crippen MR) is 151 cm³/mol. The summed E-state index contributed by atoms with van der Waals surface area (Å²) >= 11 is 5.32. The lowest BCUT2D eigenvalue weighted by Crippen LogP contribution is -2.44. The molecule has 8 atom stereocenters. The first-order chi connectivity index (χ1) is 20.4. The summed E-state index contributed by atoms with van der Waals surface area (Å²) in [6, 6.07) is 0. The molecule has 0 radical (unpaired) electrons. The van der Waals surface area contributed by atoms with Crippen LogP contribution in [0.3, 0.4) is 0 Å². The molecule has 0 bridgehead atoms. The first kappa shape index (κ1) is 29.9. The van der Waals surface area contributed by atoms with Crippen molar-refractivity contribution >= 4 is 52.6 Å². The van der Waals surface area contributed by atoms with Gasteiger partial charge >= 0.3 is 6.72 Å². The van der Waals surface area contributed by atoms with Crippen molar-refractivity contribution < 1.29 is 38.4 Å². The zero-order valence-electron chi connectivity index (χ0n) is 22.7. The van der Waals surface area contributed by atoms with Crippen molar-refractivity contribution in [1.82, 2.24) is 39.0 Å². The van der Waals surface area contributed by atoms with E-state index >= 15 is 0 Å². The van der Waals surface area contributed by atoms with Gasteiger partial charge in [-0.25, -0.2) is 19.9 Å². The summed E-state index contributed by atoms with van der Waals surface area (Å²) < 4.78 is 32.2. The van der Waals surface area contributed by atoms with E-state index in [0.717, 1.165) is 0 Å². The molecular formula is C22H29N10O9PS. The monoisotopic (exact) mass is 640 g/mol. The van der Waals surface area contributed by atoms with Crippen molar-refractivity contribution in [2.75, 3.05) is 31.8 Å². The zero-order valence-corrected chi connectivity index (χ0v) is 24.5. The van der Waals surface area contributed by atoms with Crippen LogP contribution >= 0.6 is 6.72 Å². The van der Waals surface area contributed by atoms with E-state index in [-0.39, 0.29) is 36.0 Å². The minimum absolute atomic E-state index is 0.00560. The lowest BCUT2D eigenvalue weighted by molar-refractivity contribution is -0.114. The van der Waals surface area contributed by atoms with Gasteiger partial charge in [0, 0.05) is 13.5 Å². The van der Waals surface area contributed by atoms with Crippen LogP contribution in [0.4, 0.5) is 11.8 Å². The highest BCUT2D eigenvalue weighted by molar-refractivity contribution is 8.07. The Morgan fingerprint density at radius 3 is 2.63 bits per heavy atom. The summed E-state index contributed by atoms with van der Waals surface area (Å²) in [6.45, 7) is -3.22. The second-order valence-corrected chi connectivity index (χ2v) is 13.1. The highest BCUT2D eigenvalue weighted by Crippen LogP contribution is 2.51. The largest absolute Gasteiger partial charge is 0.394 e. The molecule has 0 aromatic carbocycles. The number of fused-ring (bicyclic) bond motifs is 2. The number of aliphatic hydroxyl groups is 2. The summed E-state index contributed by atoms with van der Waals surface area (Å²) in [6.07, 6.45) is -1.53. The number of nitrogen functional groups attached to an aromatic ring is 2. The fourth-order valence-electron chi connectivity index (χ4n) is 5.27. The Hall–Kier alpha value is -3.17. The van der Waals surface area contributed by atoms with Crippen LogP contribution in [0.25, 0.3) is 22.3 Å². The van der Waals surface area contributed by atoms with Gasteiger partial charge in [-0.05, 0) is 18.7 Å². The number of imidazole rings is 2. The highest BCUT2D eigenvalue weighted by Gasteiger charge is 2.54. The molecule has 21 heteroatoms. The van der Waals surface area contributed by atoms with Crippen LogP contribution in [-0.2, 0) is 35.1 Å². The molecule has 43 heavy (non-hydrogen) atoms. The summed E-state index contributed by atoms with van der Waals surface area (Å²) in [5.74, 6) is 0.0347. The number of nitrogens with one attached hydrogen (secondary N) is 1. The Balaban J connectivity index is 1.21. The van der Waals surface area contributed by atoms with Gasteiger partial charge in [0.25, 0.3) is 5.56 Å². The van der Waals surface area contributed by atoms with Crippen LogP contribution in [0.2, 0.25) is 0 Å². The van der Waals surface area contributed by atoms with E-state index in [9.17, 15) is 19.9 Å². The molecule has 2 unspecified atom stereocenters. The van der Waals surface area contributed by atoms with E-state index in [1.807, 2.05) is 0 Å². The second kappa shape index (κ2) is 11.1. The number of hydrogen-bond acceptors (Lipinski definition) is 16. The van der Waals surface area contributed by atoms with Gasteiger partial charge in [-0.15, -0.1) is 0 Å². The highest BCUT2D eigenvalue weighted by atomic mass is 32.5. The van der Waals surface area contributed by atoms with Crippen LogP contribution < -0.4 is 17.0 Å². The number of nitrogens with zero attached hydrogens (tertiary/aromatic N) is 7. The summed E-state index contributed by atoms with van der Waals surface area (Å²) in [5.41, 5.74) is 10.5. The lowest BCUT2D eigenvalue weighted by atomic mass is 9.98. The smallest absolute Gasteiger partial charge is 0.325 e. The standard InChI is InChI=1S/C22H29N10O9PS/c1-22(14(34)13(37-2)20(40-22)31-7-27-11-15(23)25-6-26-16(11)31)5-38-42(36,43)41-10-3-9(4-33)39-19(10)32-8-28-12-17(32)29-21(24)30-18(12)35/h6-10,13-14,19-20,33-34H,3-5H2,1-2H3,(H,36,43)(H2,23,25,26)(H3,24,29,30,35)/t9-,10+,13+,14-,19?,20+,22+,42?/m0/s1. The molecule has 2 saturated heterocycles. The van der Waals surface area contributed by atoms with Gasteiger partial charge in [-0.2, -0.15) is 4.98 Å². The van der Waals surface area contributed by atoms with Crippen molar-refractivity contribution in [2.24, 2.45) is 0 Å². The number of nitrogens with two attached hydrogens (primary N) is 2. The van der Waals surface area contributed by atoms with Gasteiger partial charge in [0.1, 0.15) is 35.8 Å². The summed E-state index contributed by atoms with van der Waals surface area (Å²) in [7, 11) is 1.41. The number of anilines is 2. The van der Waals surface area contributed by atoms with Gasteiger partial charge in [-0.3, -0.25) is 18.9 Å². The normalized spacial score (nSPS) is 30.8. The molecule has 0 aliphatic carbocycles. The molecule has 6 heterocycles. The van der Waals surface area contributed by atoms with E-state index in [4.69, 9.17) is 46.5 Å². The van der Waals surface area contributed by atoms with Crippen LogP contribution in [0, 0.1) is 0 Å². The van der Waals surface area contributed by atoms with Gasteiger partial charge in [-0.1, -0.05) is 0 Å². The fourth-order valence-corrected chi connectivity index (χ4v) is 6.77. The van der Waals surface area contributed by atoms with Gasteiger partial charge in [0.05, 0.1) is 32.0 Å². The molecule has 2 aliphatic heterocycles. The molecule has 6 rings (SSSR count). The Morgan fingerprint density at radius 1 is 1.19 bits per heavy atom. The average Bonchev–Trinajstić information content (AvgIpc) is 3.72. The van der Waals surface area contributed by atoms with Crippen molar-refractivity contribution in [3.8, 4) is 0 Å². The molecule has 4 aromatic heterocycles. The number of aromatic amines is 1. The van der Waals surface area contributed by atoms with Crippen LogP contribution in [0.5, 0.6) is 0 Å². The van der Waals surface area contributed by atoms with Crippen molar-refractivity contribution in [3.63, 3.8) is 0 Å². The maximum Gasteiger partial charge on any atom is 0.325 e. The third kappa shape index (κ3) is 5.29. The molecule has 0 spiro atoms. The topological polar surface area (TPSA) is 266 Å². The molecule has 0 amide bonds. The number of H-pyrrole nitrogens is 1. The molecule has 4 aromatic rings. The second-order valence-electron chi connectivity index (χ2n) is 10.3. The predicted octanol–water partition coefficient (Wildman–Crippen LogP) is -1.31. The number of aliphatic hydroxyl groups excluding tert-OH is 2. The van der Waals surface area contributed by atoms with Gasteiger partial charge < -0.3 is 49.8 Å². The van der Waals surface area contributed by atoms with Crippen molar-refractivity contribution in [2.45, 2.75) is 55.8 Å². The molecular weight excluding hydrogens is 611 g/mol. The van der Waals surface area contributed by atoms with Gasteiger partial charge in [0.15, 0.2) is 35.1 Å². The van der Waals surface area contributed by atoms with E-state index in [1.165, 1.54) is 30.7 Å². The Kier molecular flexibility index (Phi) is 7.70. The van der Waals surface area contributed by atoms with Gasteiger partial charge in [0.2, 0.25) is 5.95 Å². The molecule has 0 saturated carbocycles. The van der Waals surface area contributed by atoms with E-state index in [1.54, 1.807) is 11.5 Å². The molecule has 19 nitrogen and oxygen atoms in total. The third-order valence-corrected chi connectivity index (χ3v) is 8.96. The van der Waals surface area contributed by atoms with Crippen molar-refractivity contribution in [1.29, 1.82) is 0 Å². The Morgan fingerprint density at radius 2 is 1.91 bits per heavy atom. The minimum Gasteiger partial charge on any atom is -0.394 e. The quantitative estimate of drug-likeness (QED) is 0.116. The van der Waals surface area contributed by atoms with Crippen molar-refractivity contribution in [3.05, 3.63) is 29.3 Å². The number of hydrogen-bond donors (Lipinski definition) is 6. The average molecular weight is 641 g/mol. The molecule has 2 fully saturated rings. The zero-order chi connectivity index (χ0) is 30.7. The van der Waals surface area contributed by atoms with Crippen LogP contribution in [0.1, 0.15) is 25.8 Å². The van der Waals surface area contributed by atoms with Crippen LogP contribution in [0.15, 0.2) is 23.8 Å². The van der Waals surface area contributed by atoms with E-state index in [0.29, 0.717) is 11.2 Å².